The van der Waals surface area contributed by atoms with Crippen molar-refractivity contribution >= 4 is 11.3 Å². The van der Waals surface area contributed by atoms with Crippen LogP contribution in [0.5, 0.6) is 0 Å². The van der Waals surface area contributed by atoms with Gasteiger partial charge in [-0.05, 0) is 30.8 Å². The Balaban J connectivity index is 2.25. The summed E-state index contributed by atoms with van der Waals surface area (Å²) in [6, 6.07) is 4.82. The van der Waals surface area contributed by atoms with E-state index in [4.69, 9.17) is 0 Å². The normalized spacial score (nSPS) is 13.4. The Morgan fingerprint density at radius 2 is 2.00 bits per heavy atom. The molecule has 0 fully saturated rings. The van der Waals surface area contributed by atoms with Crippen LogP contribution in [0.2, 0.25) is 0 Å². The molecule has 1 N–H and O–H groups in total. The lowest BCUT2D eigenvalue weighted by molar-refractivity contribution is 0.232. The van der Waals surface area contributed by atoms with Crippen molar-refractivity contribution < 1.29 is 0 Å². The van der Waals surface area contributed by atoms with E-state index in [1.165, 1.54) is 24.3 Å². The van der Waals surface area contributed by atoms with Gasteiger partial charge in [0, 0.05) is 30.6 Å². The molecule has 1 aromatic rings. The van der Waals surface area contributed by atoms with E-state index in [-0.39, 0.29) is 0 Å². The van der Waals surface area contributed by atoms with Crippen LogP contribution in [0.1, 0.15) is 51.5 Å². The molecule has 0 saturated carbocycles. The molecule has 0 radical (unpaired) electrons. The first-order valence-corrected chi connectivity index (χ1v) is 8.58. The van der Waals surface area contributed by atoms with E-state index < -0.39 is 0 Å². The van der Waals surface area contributed by atoms with Crippen LogP contribution in [0, 0.1) is 5.92 Å². The van der Waals surface area contributed by atoms with Crippen LogP contribution in [0.25, 0.3) is 0 Å². The zero-order chi connectivity index (χ0) is 14.1. The van der Waals surface area contributed by atoms with Gasteiger partial charge in [0.25, 0.3) is 0 Å². The molecule has 0 aromatic carbocycles. The summed E-state index contributed by atoms with van der Waals surface area (Å²) in [6.07, 6.45) is 2.60. The largest absolute Gasteiger partial charge is 0.308 e. The fraction of sp³-hybridized carbons (Fsp3) is 0.750. The molecule has 0 aliphatic carbocycles. The molecule has 1 heterocycles. The minimum Gasteiger partial charge on any atom is -0.308 e. The van der Waals surface area contributed by atoms with Crippen LogP contribution in [0.4, 0.5) is 0 Å². The Hall–Kier alpha value is -0.380. The highest BCUT2D eigenvalue weighted by atomic mass is 32.1. The van der Waals surface area contributed by atoms with Crippen molar-refractivity contribution in [2.24, 2.45) is 5.92 Å². The van der Waals surface area contributed by atoms with Crippen molar-refractivity contribution in [3.05, 3.63) is 22.4 Å². The molecule has 110 valence electrons. The summed E-state index contributed by atoms with van der Waals surface area (Å²) in [7, 11) is 0. The fourth-order valence-electron chi connectivity index (χ4n) is 2.37. The van der Waals surface area contributed by atoms with E-state index in [2.05, 4.69) is 55.4 Å². The van der Waals surface area contributed by atoms with Crippen molar-refractivity contribution in [3.63, 3.8) is 0 Å². The molecule has 19 heavy (non-hydrogen) atoms. The SMILES string of the molecule is CCC(CC)CN(CC)CCNC(C)c1cccs1. The number of thiophene rings is 1. The number of nitrogens with one attached hydrogen (secondary N) is 1. The Morgan fingerprint density at radius 1 is 1.26 bits per heavy atom. The number of hydrogen-bond donors (Lipinski definition) is 1. The second-order valence-corrected chi connectivity index (χ2v) is 6.25. The van der Waals surface area contributed by atoms with E-state index in [1.807, 2.05) is 11.3 Å². The van der Waals surface area contributed by atoms with Gasteiger partial charge in [0.1, 0.15) is 0 Å². The molecule has 2 nitrogen and oxygen atoms in total. The van der Waals surface area contributed by atoms with E-state index >= 15 is 0 Å². The summed E-state index contributed by atoms with van der Waals surface area (Å²) in [6.45, 7) is 13.8. The molecular weight excluding hydrogens is 252 g/mol. The first kappa shape index (κ1) is 16.7. The van der Waals surface area contributed by atoms with Crippen LogP contribution in [-0.2, 0) is 0 Å². The van der Waals surface area contributed by atoms with Crippen LogP contribution in [0.15, 0.2) is 17.5 Å². The Labute approximate surface area is 123 Å². The molecule has 0 aliphatic rings. The van der Waals surface area contributed by atoms with Gasteiger partial charge in [0.2, 0.25) is 0 Å². The first-order valence-electron chi connectivity index (χ1n) is 7.70. The van der Waals surface area contributed by atoms with Crippen molar-refractivity contribution in [2.75, 3.05) is 26.2 Å². The molecule has 0 spiro atoms. The fourth-order valence-corrected chi connectivity index (χ4v) is 3.13. The van der Waals surface area contributed by atoms with Crippen LogP contribution < -0.4 is 5.32 Å². The third kappa shape index (κ3) is 6.07. The van der Waals surface area contributed by atoms with Crippen molar-refractivity contribution in [1.82, 2.24) is 10.2 Å². The van der Waals surface area contributed by atoms with Gasteiger partial charge in [-0.15, -0.1) is 11.3 Å². The molecule has 0 saturated heterocycles. The second kappa shape index (κ2) is 9.51. The standard InChI is InChI=1S/C16H30N2S/c1-5-15(6-2)13-18(7-3)11-10-17-14(4)16-9-8-12-19-16/h8-9,12,14-15,17H,5-7,10-11,13H2,1-4H3. The Morgan fingerprint density at radius 3 is 2.53 bits per heavy atom. The number of nitrogens with zero attached hydrogens (tertiary/aromatic N) is 1. The zero-order valence-electron chi connectivity index (χ0n) is 13.0. The minimum absolute atomic E-state index is 0.479. The van der Waals surface area contributed by atoms with E-state index in [0.717, 1.165) is 25.6 Å². The monoisotopic (exact) mass is 282 g/mol. The first-order chi connectivity index (χ1) is 9.21. The molecule has 3 heteroatoms. The van der Waals surface area contributed by atoms with Crippen molar-refractivity contribution in [3.8, 4) is 0 Å². The highest BCUT2D eigenvalue weighted by molar-refractivity contribution is 7.10. The maximum Gasteiger partial charge on any atom is 0.0386 e. The lowest BCUT2D eigenvalue weighted by atomic mass is 10.0. The molecule has 1 atom stereocenters. The summed E-state index contributed by atoms with van der Waals surface area (Å²) in [5.41, 5.74) is 0. The maximum atomic E-state index is 3.63. The summed E-state index contributed by atoms with van der Waals surface area (Å²) in [5.74, 6) is 0.856. The van der Waals surface area contributed by atoms with E-state index in [9.17, 15) is 0 Å². The van der Waals surface area contributed by atoms with E-state index in [0.29, 0.717) is 6.04 Å². The van der Waals surface area contributed by atoms with Gasteiger partial charge in [0.15, 0.2) is 0 Å². The van der Waals surface area contributed by atoms with Gasteiger partial charge in [-0.2, -0.15) is 0 Å². The number of rotatable bonds is 10. The number of likely N-dealkylation sites (N-methyl/N-ethyl adjacent to an activating group) is 1. The maximum absolute atomic E-state index is 3.63. The third-order valence-electron chi connectivity index (χ3n) is 3.97. The highest BCUT2D eigenvalue weighted by Crippen LogP contribution is 2.17. The summed E-state index contributed by atoms with van der Waals surface area (Å²) in [5, 5.41) is 5.78. The van der Waals surface area contributed by atoms with Crippen LogP contribution in [-0.4, -0.2) is 31.1 Å². The minimum atomic E-state index is 0.479. The topological polar surface area (TPSA) is 15.3 Å². The lowest BCUT2D eigenvalue weighted by Gasteiger charge is -2.26. The van der Waals surface area contributed by atoms with Gasteiger partial charge < -0.3 is 10.2 Å². The average molecular weight is 282 g/mol. The predicted molar refractivity (Wildman–Crippen MR) is 86.9 cm³/mol. The van der Waals surface area contributed by atoms with Crippen LogP contribution >= 0.6 is 11.3 Å². The summed E-state index contributed by atoms with van der Waals surface area (Å²) >= 11 is 1.84. The summed E-state index contributed by atoms with van der Waals surface area (Å²) in [4.78, 5) is 4.01. The molecule has 0 bridgehead atoms. The Kier molecular flexibility index (Phi) is 8.35. The van der Waals surface area contributed by atoms with Crippen molar-refractivity contribution in [2.45, 2.75) is 46.6 Å². The summed E-state index contributed by atoms with van der Waals surface area (Å²) < 4.78 is 0. The predicted octanol–water partition coefficient (Wildman–Crippen LogP) is 4.16. The molecular formula is C16H30N2S. The lowest BCUT2D eigenvalue weighted by Crippen LogP contribution is -2.36. The molecule has 0 aliphatic heterocycles. The highest BCUT2D eigenvalue weighted by Gasteiger charge is 2.10. The van der Waals surface area contributed by atoms with Gasteiger partial charge >= 0.3 is 0 Å². The van der Waals surface area contributed by atoms with Crippen molar-refractivity contribution in [1.29, 1.82) is 0 Å². The van der Waals surface area contributed by atoms with Gasteiger partial charge in [-0.3, -0.25) is 0 Å². The smallest absolute Gasteiger partial charge is 0.0386 e. The third-order valence-corrected chi connectivity index (χ3v) is 5.02. The molecule has 0 amide bonds. The zero-order valence-corrected chi connectivity index (χ0v) is 13.8. The van der Waals surface area contributed by atoms with Gasteiger partial charge in [-0.25, -0.2) is 0 Å². The van der Waals surface area contributed by atoms with Gasteiger partial charge in [0.05, 0.1) is 0 Å². The van der Waals surface area contributed by atoms with Crippen LogP contribution in [0.3, 0.4) is 0 Å². The van der Waals surface area contributed by atoms with Gasteiger partial charge in [-0.1, -0.05) is 39.7 Å². The average Bonchev–Trinajstić information content (AvgIpc) is 2.96. The number of hydrogen-bond acceptors (Lipinski definition) is 3. The Bertz CT molecular complexity index is 307. The second-order valence-electron chi connectivity index (χ2n) is 5.27. The molecule has 1 unspecified atom stereocenters. The molecule has 1 rings (SSSR count). The quantitative estimate of drug-likeness (QED) is 0.693. The van der Waals surface area contributed by atoms with E-state index in [1.54, 1.807) is 0 Å². The molecule has 1 aromatic heterocycles.